The van der Waals surface area contributed by atoms with E-state index in [1.165, 1.54) is 0 Å². The van der Waals surface area contributed by atoms with Gasteiger partial charge in [0.25, 0.3) is 0 Å². The number of hydrogen-bond donors (Lipinski definition) is 2. The molecule has 1 saturated heterocycles. The highest BCUT2D eigenvalue weighted by molar-refractivity contribution is 5.79. The van der Waals surface area contributed by atoms with Gasteiger partial charge in [-0.3, -0.25) is 9.59 Å². The molecule has 0 spiro atoms. The van der Waals surface area contributed by atoms with Gasteiger partial charge in [0.05, 0.1) is 5.92 Å². The van der Waals surface area contributed by atoms with Gasteiger partial charge in [0, 0.05) is 19.5 Å². The highest BCUT2D eigenvalue weighted by Crippen LogP contribution is 2.13. The molecule has 0 aromatic heterocycles. The fourth-order valence-corrected chi connectivity index (χ4v) is 1.91. The molecule has 1 aliphatic rings. The zero-order valence-electron chi connectivity index (χ0n) is 9.74. The van der Waals surface area contributed by atoms with Crippen molar-refractivity contribution in [2.75, 3.05) is 26.7 Å². The van der Waals surface area contributed by atoms with Crippen LogP contribution in [0.25, 0.3) is 0 Å². The van der Waals surface area contributed by atoms with E-state index in [1.807, 2.05) is 7.05 Å². The highest BCUT2D eigenvalue weighted by atomic mass is 16.4. The molecule has 1 heterocycles. The van der Waals surface area contributed by atoms with Gasteiger partial charge in [-0.05, 0) is 32.9 Å². The molecule has 0 saturated carbocycles. The fraction of sp³-hybridized carbons (Fsp3) is 0.818. The summed E-state index contributed by atoms with van der Waals surface area (Å²) in [6, 6.07) is 0. The number of rotatable bonds is 6. The molecule has 5 nitrogen and oxygen atoms in total. The maximum Gasteiger partial charge on any atom is 0.303 e. The lowest BCUT2D eigenvalue weighted by molar-refractivity contribution is -0.137. The Morgan fingerprint density at radius 3 is 2.75 bits per heavy atom. The Morgan fingerprint density at radius 1 is 1.44 bits per heavy atom. The summed E-state index contributed by atoms with van der Waals surface area (Å²) >= 11 is 0. The summed E-state index contributed by atoms with van der Waals surface area (Å²) in [7, 11) is 2.01. The SMILES string of the molecule is CN1CCC(C(=O)NCCCCC(=O)O)C1. The first kappa shape index (κ1) is 13.0. The summed E-state index contributed by atoms with van der Waals surface area (Å²) in [5.74, 6) is -0.548. The molecule has 5 heteroatoms. The van der Waals surface area contributed by atoms with Crippen LogP contribution in [0.3, 0.4) is 0 Å². The third-order valence-corrected chi connectivity index (χ3v) is 2.88. The smallest absolute Gasteiger partial charge is 0.303 e. The van der Waals surface area contributed by atoms with Gasteiger partial charge in [0.15, 0.2) is 0 Å². The Hall–Kier alpha value is -1.10. The van der Waals surface area contributed by atoms with Crippen LogP contribution in [0.4, 0.5) is 0 Å². The van der Waals surface area contributed by atoms with Crippen molar-refractivity contribution in [3.63, 3.8) is 0 Å². The number of amides is 1. The second-order valence-corrected chi connectivity index (χ2v) is 4.39. The van der Waals surface area contributed by atoms with E-state index in [1.54, 1.807) is 0 Å². The van der Waals surface area contributed by atoms with Crippen LogP contribution in [0.2, 0.25) is 0 Å². The van der Waals surface area contributed by atoms with Crippen molar-refractivity contribution in [1.82, 2.24) is 10.2 Å². The first-order valence-electron chi connectivity index (χ1n) is 5.77. The van der Waals surface area contributed by atoms with E-state index in [0.29, 0.717) is 13.0 Å². The molecular weight excluding hydrogens is 208 g/mol. The quantitative estimate of drug-likeness (QED) is 0.642. The molecule has 1 unspecified atom stereocenters. The van der Waals surface area contributed by atoms with Gasteiger partial charge in [0.1, 0.15) is 0 Å². The zero-order chi connectivity index (χ0) is 12.0. The van der Waals surface area contributed by atoms with Crippen molar-refractivity contribution in [2.45, 2.75) is 25.7 Å². The molecule has 0 radical (unpaired) electrons. The Labute approximate surface area is 95.8 Å². The average molecular weight is 228 g/mol. The summed E-state index contributed by atoms with van der Waals surface area (Å²) in [6.45, 7) is 2.41. The lowest BCUT2D eigenvalue weighted by Crippen LogP contribution is -2.32. The van der Waals surface area contributed by atoms with Gasteiger partial charge in [-0.2, -0.15) is 0 Å². The minimum Gasteiger partial charge on any atom is -0.481 e. The molecule has 1 rings (SSSR count). The van der Waals surface area contributed by atoms with Crippen LogP contribution >= 0.6 is 0 Å². The van der Waals surface area contributed by atoms with E-state index in [9.17, 15) is 9.59 Å². The Morgan fingerprint density at radius 2 is 2.19 bits per heavy atom. The molecule has 1 amide bonds. The number of carboxylic acids is 1. The van der Waals surface area contributed by atoms with Crippen molar-refractivity contribution in [1.29, 1.82) is 0 Å². The number of aliphatic carboxylic acids is 1. The monoisotopic (exact) mass is 228 g/mol. The normalized spacial score (nSPS) is 20.9. The van der Waals surface area contributed by atoms with E-state index in [0.717, 1.165) is 25.9 Å². The van der Waals surface area contributed by atoms with Crippen LogP contribution in [0.15, 0.2) is 0 Å². The van der Waals surface area contributed by atoms with Gasteiger partial charge < -0.3 is 15.3 Å². The number of nitrogens with one attached hydrogen (secondary N) is 1. The van der Waals surface area contributed by atoms with Gasteiger partial charge in [-0.25, -0.2) is 0 Å². The van der Waals surface area contributed by atoms with Gasteiger partial charge in [0.2, 0.25) is 5.91 Å². The second kappa shape index (κ2) is 6.48. The predicted molar refractivity (Wildman–Crippen MR) is 60.1 cm³/mol. The molecule has 0 aromatic carbocycles. The maximum absolute atomic E-state index is 11.6. The van der Waals surface area contributed by atoms with Crippen LogP contribution in [0.5, 0.6) is 0 Å². The van der Waals surface area contributed by atoms with E-state index >= 15 is 0 Å². The molecule has 1 fully saturated rings. The van der Waals surface area contributed by atoms with Crippen LogP contribution in [0, 0.1) is 5.92 Å². The van der Waals surface area contributed by atoms with E-state index in [-0.39, 0.29) is 18.2 Å². The lowest BCUT2D eigenvalue weighted by atomic mass is 10.1. The number of carbonyl (C=O) groups is 2. The van der Waals surface area contributed by atoms with E-state index < -0.39 is 5.97 Å². The van der Waals surface area contributed by atoms with Crippen LogP contribution in [-0.2, 0) is 9.59 Å². The molecule has 2 N–H and O–H groups in total. The molecule has 0 aliphatic carbocycles. The highest BCUT2D eigenvalue weighted by Gasteiger charge is 2.25. The average Bonchev–Trinajstić information content (AvgIpc) is 2.63. The molecule has 1 aliphatic heterocycles. The van der Waals surface area contributed by atoms with Crippen LogP contribution in [0.1, 0.15) is 25.7 Å². The standard InChI is InChI=1S/C11H20N2O3/c1-13-7-5-9(8-13)11(16)12-6-3-2-4-10(14)15/h9H,2-8H2,1H3,(H,12,16)(H,14,15). The first-order chi connectivity index (χ1) is 7.59. The molecule has 0 aromatic rings. The molecular formula is C11H20N2O3. The van der Waals surface area contributed by atoms with Gasteiger partial charge in [-0.1, -0.05) is 0 Å². The van der Waals surface area contributed by atoms with Crippen molar-refractivity contribution < 1.29 is 14.7 Å². The molecule has 1 atom stereocenters. The first-order valence-corrected chi connectivity index (χ1v) is 5.77. The number of nitrogens with zero attached hydrogens (tertiary/aromatic N) is 1. The van der Waals surface area contributed by atoms with Crippen molar-refractivity contribution in [3.8, 4) is 0 Å². The van der Waals surface area contributed by atoms with Crippen LogP contribution in [-0.4, -0.2) is 48.6 Å². The molecule has 92 valence electrons. The number of hydrogen-bond acceptors (Lipinski definition) is 3. The second-order valence-electron chi connectivity index (χ2n) is 4.39. The number of likely N-dealkylation sites (tertiary alicyclic amines) is 1. The van der Waals surface area contributed by atoms with E-state index in [4.69, 9.17) is 5.11 Å². The van der Waals surface area contributed by atoms with E-state index in [2.05, 4.69) is 10.2 Å². The Bertz CT molecular complexity index is 256. The summed E-state index contributed by atoms with van der Waals surface area (Å²) in [4.78, 5) is 24.0. The number of unbranched alkanes of at least 4 members (excludes halogenated alkanes) is 1. The topological polar surface area (TPSA) is 69.6 Å². The molecule has 0 bridgehead atoms. The Balaban J connectivity index is 2.04. The number of carbonyl (C=O) groups excluding carboxylic acids is 1. The summed E-state index contributed by atoms with van der Waals surface area (Å²) in [5.41, 5.74) is 0. The fourth-order valence-electron chi connectivity index (χ4n) is 1.91. The van der Waals surface area contributed by atoms with Crippen molar-refractivity contribution in [2.24, 2.45) is 5.92 Å². The van der Waals surface area contributed by atoms with Crippen molar-refractivity contribution in [3.05, 3.63) is 0 Å². The van der Waals surface area contributed by atoms with Crippen molar-refractivity contribution >= 4 is 11.9 Å². The Kier molecular flexibility index (Phi) is 5.25. The van der Waals surface area contributed by atoms with Gasteiger partial charge >= 0.3 is 5.97 Å². The zero-order valence-corrected chi connectivity index (χ0v) is 9.74. The third kappa shape index (κ3) is 4.61. The number of carboxylic acid groups (broad SMARTS) is 1. The van der Waals surface area contributed by atoms with Crippen LogP contribution < -0.4 is 5.32 Å². The largest absolute Gasteiger partial charge is 0.481 e. The summed E-state index contributed by atoms with van der Waals surface area (Å²) in [6.07, 6.45) is 2.47. The minimum absolute atomic E-state index is 0.111. The summed E-state index contributed by atoms with van der Waals surface area (Å²) in [5, 5.41) is 11.3. The maximum atomic E-state index is 11.6. The van der Waals surface area contributed by atoms with Gasteiger partial charge in [-0.15, -0.1) is 0 Å². The predicted octanol–water partition coefficient (Wildman–Crippen LogP) is 0.309. The lowest BCUT2D eigenvalue weighted by Gasteiger charge is -2.10. The molecule has 16 heavy (non-hydrogen) atoms. The minimum atomic E-state index is -0.774. The summed E-state index contributed by atoms with van der Waals surface area (Å²) < 4.78 is 0. The third-order valence-electron chi connectivity index (χ3n) is 2.88.